The van der Waals surface area contributed by atoms with E-state index in [9.17, 15) is 9.59 Å². The van der Waals surface area contributed by atoms with E-state index >= 15 is 0 Å². The molecule has 0 aliphatic carbocycles. The van der Waals surface area contributed by atoms with Crippen LogP contribution in [0.3, 0.4) is 0 Å². The van der Waals surface area contributed by atoms with Crippen LogP contribution in [0.15, 0.2) is 30.3 Å². The Morgan fingerprint density at radius 1 is 1.14 bits per heavy atom. The molecular formula is C21H23N3O3S. The van der Waals surface area contributed by atoms with Gasteiger partial charge in [0.15, 0.2) is 6.61 Å². The Morgan fingerprint density at radius 3 is 2.57 bits per heavy atom. The van der Waals surface area contributed by atoms with Crippen LogP contribution in [-0.2, 0) is 16.1 Å². The van der Waals surface area contributed by atoms with Gasteiger partial charge < -0.3 is 9.64 Å². The SMILES string of the molecule is Cc1ccc(Cn2nc(C)c3cc(C(=O)OCC(=O)N4CCCC4)sc32)cc1. The van der Waals surface area contributed by atoms with Crippen LogP contribution in [-0.4, -0.2) is 46.3 Å². The van der Waals surface area contributed by atoms with Crippen LogP contribution < -0.4 is 0 Å². The first-order valence-electron chi connectivity index (χ1n) is 9.48. The maximum atomic E-state index is 12.4. The van der Waals surface area contributed by atoms with Crippen molar-refractivity contribution in [2.24, 2.45) is 0 Å². The van der Waals surface area contributed by atoms with Gasteiger partial charge in [-0.15, -0.1) is 11.3 Å². The molecule has 7 heteroatoms. The van der Waals surface area contributed by atoms with Gasteiger partial charge in [0.05, 0.1) is 12.2 Å². The van der Waals surface area contributed by atoms with E-state index < -0.39 is 5.97 Å². The molecule has 0 N–H and O–H groups in total. The van der Waals surface area contributed by atoms with Crippen molar-refractivity contribution >= 4 is 33.4 Å². The van der Waals surface area contributed by atoms with Crippen molar-refractivity contribution < 1.29 is 14.3 Å². The lowest BCUT2D eigenvalue weighted by atomic mass is 10.1. The Kier molecular flexibility index (Phi) is 5.17. The lowest BCUT2D eigenvalue weighted by molar-refractivity contribution is -0.133. The molecule has 3 heterocycles. The van der Waals surface area contributed by atoms with Crippen molar-refractivity contribution in [2.75, 3.05) is 19.7 Å². The molecule has 146 valence electrons. The minimum Gasteiger partial charge on any atom is -0.451 e. The molecule has 0 saturated carbocycles. The zero-order valence-electron chi connectivity index (χ0n) is 16.1. The number of amides is 1. The lowest BCUT2D eigenvalue weighted by Crippen LogP contribution is -2.31. The van der Waals surface area contributed by atoms with E-state index in [0.717, 1.165) is 47.4 Å². The van der Waals surface area contributed by atoms with Gasteiger partial charge in [-0.1, -0.05) is 29.8 Å². The van der Waals surface area contributed by atoms with Crippen LogP contribution in [0.2, 0.25) is 0 Å². The van der Waals surface area contributed by atoms with Crippen molar-refractivity contribution in [3.05, 3.63) is 52.0 Å². The van der Waals surface area contributed by atoms with Crippen LogP contribution in [0.1, 0.15) is 39.3 Å². The molecule has 0 radical (unpaired) electrons. The molecular weight excluding hydrogens is 374 g/mol. The fraction of sp³-hybridized carbons (Fsp3) is 0.381. The number of aromatic nitrogens is 2. The molecule has 1 aliphatic rings. The monoisotopic (exact) mass is 397 g/mol. The predicted octanol–water partition coefficient (Wildman–Crippen LogP) is 3.54. The second kappa shape index (κ2) is 7.75. The third-order valence-corrected chi connectivity index (χ3v) is 6.18. The highest BCUT2D eigenvalue weighted by molar-refractivity contribution is 7.20. The zero-order chi connectivity index (χ0) is 19.7. The molecule has 0 unspecified atom stereocenters. The quantitative estimate of drug-likeness (QED) is 0.618. The van der Waals surface area contributed by atoms with Crippen LogP contribution in [0, 0.1) is 13.8 Å². The Bertz CT molecular complexity index is 1010. The number of hydrogen-bond acceptors (Lipinski definition) is 5. The zero-order valence-corrected chi connectivity index (χ0v) is 16.9. The standard InChI is InChI=1S/C21H23N3O3S/c1-14-5-7-16(8-6-14)12-24-20-17(15(2)22-24)11-18(28-20)21(26)27-13-19(25)23-9-3-4-10-23/h5-8,11H,3-4,9-10,12-13H2,1-2H3. The van der Waals surface area contributed by atoms with Gasteiger partial charge in [0, 0.05) is 18.5 Å². The second-order valence-corrected chi connectivity index (χ2v) is 8.25. The second-order valence-electron chi connectivity index (χ2n) is 7.22. The number of aryl methyl sites for hydroxylation is 2. The highest BCUT2D eigenvalue weighted by Crippen LogP contribution is 2.29. The summed E-state index contributed by atoms with van der Waals surface area (Å²) in [5.74, 6) is -0.566. The summed E-state index contributed by atoms with van der Waals surface area (Å²) in [6.45, 7) is 5.97. The van der Waals surface area contributed by atoms with Crippen molar-refractivity contribution in [3.63, 3.8) is 0 Å². The molecule has 1 amide bonds. The third-order valence-electron chi connectivity index (χ3n) is 5.05. The topological polar surface area (TPSA) is 64.4 Å². The molecule has 4 rings (SSSR count). The maximum Gasteiger partial charge on any atom is 0.348 e. The van der Waals surface area contributed by atoms with Gasteiger partial charge in [0.1, 0.15) is 9.71 Å². The average Bonchev–Trinajstić information content (AvgIpc) is 3.41. The Labute approximate surface area is 167 Å². The summed E-state index contributed by atoms with van der Waals surface area (Å²) in [4.78, 5) is 27.7. The van der Waals surface area contributed by atoms with Gasteiger partial charge in [-0.3, -0.25) is 9.48 Å². The van der Waals surface area contributed by atoms with E-state index in [1.54, 1.807) is 4.90 Å². The van der Waals surface area contributed by atoms with E-state index in [0.29, 0.717) is 11.4 Å². The summed E-state index contributed by atoms with van der Waals surface area (Å²) in [5.41, 5.74) is 3.25. The van der Waals surface area contributed by atoms with E-state index in [2.05, 4.69) is 36.3 Å². The molecule has 6 nitrogen and oxygen atoms in total. The first kappa shape index (κ1) is 18.7. The van der Waals surface area contributed by atoms with Crippen LogP contribution >= 0.6 is 11.3 Å². The third kappa shape index (κ3) is 3.80. The summed E-state index contributed by atoms with van der Waals surface area (Å²) in [6.07, 6.45) is 2.04. The summed E-state index contributed by atoms with van der Waals surface area (Å²) < 4.78 is 7.19. The number of likely N-dealkylation sites (tertiary alicyclic amines) is 1. The minimum atomic E-state index is -0.449. The molecule has 1 fully saturated rings. The molecule has 0 atom stereocenters. The number of carbonyl (C=O) groups is 2. The molecule has 28 heavy (non-hydrogen) atoms. The molecule has 1 aliphatic heterocycles. The molecule has 0 bridgehead atoms. The van der Waals surface area contributed by atoms with Crippen LogP contribution in [0.5, 0.6) is 0 Å². The number of esters is 1. The number of hydrogen-bond donors (Lipinski definition) is 0. The fourth-order valence-electron chi connectivity index (χ4n) is 3.44. The number of fused-ring (bicyclic) bond motifs is 1. The molecule has 0 spiro atoms. The normalized spacial score (nSPS) is 14.0. The maximum absolute atomic E-state index is 12.4. The minimum absolute atomic E-state index is 0.117. The first-order valence-corrected chi connectivity index (χ1v) is 10.3. The molecule has 1 aromatic carbocycles. The highest BCUT2D eigenvalue weighted by atomic mass is 32.1. The number of nitrogens with zero attached hydrogens (tertiary/aromatic N) is 3. The van der Waals surface area contributed by atoms with Gasteiger partial charge in [0.25, 0.3) is 5.91 Å². The molecule has 1 saturated heterocycles. The van der Waals surface area contributed by atoms with Gasteiger partial charge in [-0.2, -0.15) is 5.10 Å². The summed E-state index contributed by atoms with van der Waals surface area (Å²) >= 11 is 1.36. The Balaban J connectivity index is 1.48. The number of thiophene rings is 1. The van der Waals surface area contributed by atoms with Crippen molar-refractivity contribution in [1.29, 1.82) is 0 Å². The van der Waals surface area contributed by atoms with E-state index in [1.165, 1.54) is 16.9 Å². The largest absolute Gasteiger partial charge is 0.451 e. The van der Waals surface area contributed by atoms with E-state index in [-0.39, 0.29) is 12.5 Å². The average molecular weight is 398 g/mol. The first-order chi connectivity index (χ1) is 13.5. The number of ether oxygens (including phenoxy) is 1. The number of rotatable bonds is 5. The van der Waals surface area contributed by atoms with Gasteiger partial charge >= 0.3 is 5.97 Å². The summed E-state index contributed by atoms with van der Waals surface area (Å²) in [5, 5.41) is 5.56. The molecule has 2 aromatic heterocycles. The lowest BCUT2D eigenvalue weighted by Gasteiger charge is -2.14. The summed E-state index contributed by atoms with van der Waals surface area (Å²) in [6, 6.07) is 10.2. The molecule has 3 aromatic rings. The highest BCUT2D eigenvalue weighted by Gasteiger charge is 2.21. The van der Waals surface area contributed by atoms with Crippen LogP contribution in [0.25, 0.3) is 10.2 Å². The van der Waals surface area contributed by atoms with Crippen molar-refractivity contribution in [2.45, 2.75) is 33.2 Å². The van der Waals surface area contributed by atoms with E-state index in [4.69, 9.17) is 4.74 Å². The van der Waals surface area contributed by atoms with E-state index in [1.807, 2.05) is 17.7 Å². The Hall–Kier alpha value is -2.67. The predicted molar refractivity (Wildman–Crippen MR) is 109 cm³/mol. The van der Waals surface area contributed by atoms with Crippen molar-refractivity contribution in [1.82, 2.24) is 14.7 Å². The van der Waals surface area contributed by atoms with Gasteiger partial charge in [-0.05, 0) is 38.3 Å². The fourth-order valence-corrected chi connectivity index (χ4v) is 4.50. The van der Waals surface area contributed by atoms with Gasteiger partial charge in [0.2, 0.25) is 0 Å². The number of benzene rings is 1. The van der Waals surface area contributed by atoms with Crippen molar-refractivity contribution in [3.8, 4) is 0 Å². The number of carbonyl (C=O) groups excluding carboxylic acids is 2. The van der Waals surface area contributed by atoms with Gasteiger partial charge in [-0.25, -0.2) is 4.79 Å². The smallest absolute Gasteiger partial charge is 0.348 e. The Morgan fingerprint density at radius 2 is 1.86 bits per heavy atom. The summed E-state index contributed by atoms with van der Waals surface area (Å²) in [7, 11) is 0. The van der Waals surface area contributed by atoms with Crippen LogP contribution in [0.4, 0.5) is 0 Å².